The minimum atomic E-state index is -4.82. The summed E-state index contributed by atoms with van der Waals surface area (Å²) in [4.78, 5) is 48.4. The van der Waals surface area contributed by atoms with Crippen LogP contribution in [-0.2, 0) is 20.9 Å². The number of carbonyl (C=O) groups is 3. The van der Waals surface area contributed by atoms with Gasteiger partial charge in [-0.05, 0) is 36.8 Å². The summed E-state index contributed by atoms with van der Waals surface area (Å²) < 4.78 is 41.7. The number of ether oxygens (including phenoxy) is 1. The smallest absolute Gasteiger partial charge is 0.480 e. The maximum atomic E-state index is 12.9. The van der Waals surface area contributed by atoms with E-state index in [2.05, 4.69) is 25.7 Å². The van der Waals surface area contributed by atoms with Crippen LogP contribution in [0.1, 0.15) is 18.5 Å². The lowest BCUT2D eigenvalue weighted by Gasteiger charge is -2.16. The second-order valence-electron chi connectivity index (χ2n) is 8.14. The highest BCUT2D eigenvalue weighted by Gasteiger charge is 2.31. The molecule has 0 spiro atoms. The molecule has 3 rings (SSSR count). The minimum absolute atomic E-state index is 0.0684. The van der Waals surface area contributed by atoms with Crippen LogP contribution in [-0.4, -0.2) is 62.6 Å². The van der Waals surface area contributed by atoms with E-state index in [1.807, 2.05) is 0 Å². The van der Waals surface area contributed by atoms with Crippen molar-refractivity contribution in [2.45, 2.75) is 36.8 Å². The number of rotatable bonds is 11. The number of aliphatic carboxylic acids is 1. The molecule has 5 N–H and O–H groups in total. The lowest BCUT2D eigenvalue weighted by molar-refractivity contribution is -0.274. The summed E-state index contributed by atoms with van der Waals surface area (Å²) in [6.45, 7) is 0.585. The monoisotopic (exact) mass is 568 g/mol. The molecule has 0 aliphatic rings. The van der Waals surface area contributed by atoms with Crippen molar-refractivity contribution >= 4 is 40.4 Å². The van der Waals surface area contributed by atoms with Crippen molar-refractivity contribution in [2.75, 3.05) is 12.3 Å². The molecular formula is C23H23F3N6O6S. The number of carboxylic acids is 1. The molecule has 0 saturated heterocycles. The first-order valence-electron chi connectivity index (χ1n) is 11.2. The van der Waals surface area contributed by atoms with Gasteiger partial charge in [0, 0.05) is 10.6 Å². The predicted molar refractivity (Wildman–Crippen MR) is 133 cm³/mol. The van der Waals surface area contributed by atoms with E-state index in [9.17, 15) is 32.3 Å². The molecule has 1 heterocycles. The molecule has 208 valence electrons. The van der Waals surface area contributed by atoms with Crippen LogP contribution in [0.2, 0.25) is 0 Å². The molecule has 0 bridgehead atoms. The zero-order valence-electron chi connectivity index (χ0n) is 20.3. The van der Waals surface area contributed by atoms with E-state index in [4.69, 9.17) is 10.8 Å². The van der Waals surface area contributed by atoms with Crippen molar-refractivity contribution in [3.05, 3.63) is 58.4 Å². The molecule has 2 atom stereocenters. The third kappa shape index (κ3) is 8.41. The van der Waals surface area contributed by atoms with Crippen LogP contribution in [0.4, 0.5) is 13.2 Å². The average molecular weight is 569 g/mol. The second kappa shape index (κ2) is 12.6. The quantitative estimate of drug-likeness (QED) is 0.246. The third-order valence-electron chi connectivity index (χ3n) is 5.17. The lowest BCUT2D eigenvalue weighted by atomic mass is 10.1. The van der Waals surface area contributed by atoms with Crippen molar-refractivity contribution in [3.8, 4) is 5.75 Å². The summed E-state index contributed by atoms with van der Waals surface area (Å²) in [6.07, 6.45) is -4.82. The summed E-state index contributed by atoms with van der Waals surface area (Å²) in [5.41, 5.74) is 5.94. The number of nitrogens with zero attached hydrogens (tertiary/aromatic N) is 3. The molecule has 0 radical (unpaired) electrons. The number of carbonyl (C=O) groups excluding carboxylic acids is 2. The third-order valence-corrected chi connectivity index (χ3v) is 6.34. The molecule has 0 aliphatic carbocycles. The first kappa shape index (κ1) is 29.4. The zero-order chi connectivity index (χ0) is 28.7. The van der Waals surface area contributed by atoms with E-state index < -0.39 is 60.6 Å². The van der Waals surface area contributed by atoms with E-state index in [1.54, 1.807) is 19.1 Å². The summed E-state index contributed by atoms with van der Waals surface area (Å²) in [7, 11) is 0. The van der Waals surface area contributed by atoms with Crippen LogP contribution in [0.3, 0.4) is 0 Å². The normalized spacial score (nSPS) is 12.9. The molecule has 2 amide bonds. The summed E-state index contributed by atoms with van der Waals surface area (Å²) in [5.74, 6) is -2.77. The van der Waals surface area contributed by atoms with Crippen molar-refractivity contribution in [1.82, 2.24) is 25.6 Å². The molecular weight excluding hydrogens is 545 g/mol. The van der Waals surface area contributed by atoms with Gasteiger partial charge < -0.3 is 26.2 Å². The van der Waals surface area contributed by atoms with E-state index in [0.29, 0.717) is 10.5 Å². The van der Waals surface area contributed by atoms with Gasteiger partial charge in [0.25, 0.3) is 5.56 Å². The number of hydrogen-bond donors (Lipinski definition) is 4. The lowest BCUT2D eigenvalue weighted by Crippen LogP contribution is -2.44. The zero-order valence-corrected chi connectivity index (χ0v) is 21.1. The maximum Gasteiger partial charge on any atom is 0.573 e. The van der Waals surface area contributed by atoms with E-state index >= 15 is 0 Å². The number of alkyl halides is 3. The Morgan fingerprint density at radius 3 is 2.51 bits per heavy atom. The number of nitrogens with one attached hydrogen (secondary N) is 2. The van der Waals surface area contributed by atoms with Crippen molar-refractivity contribution in [1.29, 1.82) is 0 Å². The Kier molecular flexibility index (Phi) is 9.47. The first-order chi connectivity index (χ1) is 18.3. The average Bonchev–Trinajstić information content (AvgIpc) is 2.86. The predicted octanol–water partition coefficient (Wildman–Crippen LogP) is 1.19. The summed E-state index contributed by atoms with van der Waals surface area (Å²) in [6, 6.07) is 8.10. The fraction of sp³-hybridized carbons (Fsp3) is 0.304. The first-order valence-corrected chi connectivity index (χ1v) is 12.2. The number of aromatic nitrogens is 3. The van der Waals surface area contributed by atoms with Gasteiger partial charge in [0.2, 0.25) is 11.8 Å². The van der Waals surface area contributed by atoms with Crippen molar-refractivity contribution < 1.29 is 37.4 Å². The van der Waals surface area contributed by atoms with Gasteiger partial charge in [-0.15, -0.1) is 30.0 Å². The van der Waals surface area contributed by atoms with Gasteiger partial charge in [0.15, 0.2) is 0 Å². The van der Waals surface area contributed by atoms with E-state index in [-0.39, 0.29) is 16.7 Å². The minimum Gasteiger partial charge on any atom is -0.480 e. The summed E-state index contributed by atoms with van der Waals surface area (Å²) >= 11 is 1.12. The number of benzene rings is 2. The Labute approximate surface area is 222 Å². The SMILES string of the molecule is C[C@H](NC(=O)Cn1nnc2c(SCC(N)C(=O)NCC(=O)O)cccc2c1=O)c1ccc(OC(F)(F)F)cc1. The molecule has 0 saturated carbocycles. The molecule has 39 heavy (non-hydrogen) atoms. The summed E-state index contributed by atoms with van der Waals surface area (Å²) in [5, 5.41) is 21.5. The highest BCUT2D eigenvalue weighted by molar-refractivity contribution is 7.99. The van der Waals surface area contributed by atoms with Gasteiger partial charge in [0.05, 0.1) is 17.5 Å². The highest BCUT2D eigenvalue weighted by Crippen LogP contribution is 2.25. The Morgan fingerprint density at radius 2 is 1.87 bits per heavy atom. The Balaban J connectivity index is 1.65. The molecule has 3 aromatic rings. The number of thioether (sulfide) groups is 1. The second-order valence-corrected chi connectivity index (χ2v) is 9.20. The van der Waals surface area contributed by atoms with Crippen molar-refractivity contribution in [2.24, 2.45) is 5.73 Å². The van der Waals surface area contributed by atoms with Gasteiger partial charge in [-0.1, -0.05) is 23.4 Å². The molecule has 12 nitrogen and oxygen atoms in total. The standard InChI is InChI=1S/C23H23F3N6O6S/c1-12(13-5-7-14(8-6-13)38-23(24,25)26)29-18(33)10-32-22(37)15-3-2-4-17(20(15)30-31-32)39-11-16(27)21(36)28-9-19(34)35/h2-8,12,16H,9-11,27H2,1H3,(H,28,36)(H,29,33)(H,34,35)/t12-,16?/m0/s1. The number of amides is 2. The maximum absolute atomic E-state index is 12.9. The number of halogens is 3. The molecule has 16 heteroatoms. The molecule has 2 aromatic carbocycles. The highest BCUT2D eigenvalue weighted by atomic mass is 32.2. The number of nitrogens with two attached hydrogens (primary N) is 1. The number of carboxylic acid groups (broad SMARTS) is 1. The molecule has 0 aliphatic heterocycles. The Hall–Kier alpha value is -4.18. The molecule has 1 aromatic heterocycles. The van der Waals surface area contributed by atoms with Crippen LogP contribution >= 0.6 is 11.8 Å². The molecule has 0 fully saturated rings. The van der Waals surface area contributed by atoms with Crippen LogP contribution in [0, 0.1) is 0 Å². The van der Waals surface area contributed by atoms with Gasteiger partial charge in [-0.3, -0.25) is 19.2 Å². The fourth-order valence-electron chi connectivity index (χ4n) is 3.31. The fourth-order valence-corrected chi connectivity index (χ4v) is 4.28. The van der Waals surface area contributed by atoms with Crippen LogP contribution in [0.15, 0.2) is 52.2 Å². The van der Waals surface area contributed by atoms with Crippen LogP contribution in [0.5, 0.6) is 5.75 Å². The van der Waals surface area contributed by atoms with Gasteiger partial charge in [0.1, 0.15) is 24.4 Å². The number of hydrogen-bond acceptors (Lipinski definition) is 9. The molecule has 1 unspecified atom stereocenters. The van der Waals surface area contributed by atoms with Gasteiger partial charge in [-0.2, -0.15) is 0 Å². The van der Waals surface area contributed by atoms with Crippen LogP contribution in [0.25, 0.3) is 10.9 Å². The number of fused-ring (bicyclic) bond motifs is 1. The van der Waals surface area contributed by atoms with E-state index in [0.717, 1.165) is 28.6 Å². The van der Waals surface area contributed by atoms with Gasteiger partial charge >= 0.3 is 12.3 Å². The van der Waals surface area contributed by atoms with Crippen LogP contribution < -0.4 is 26.7 Å². The van der Waals surface area contributed by atoms with E-state index in [1.165, 1.54) is 18.2 Å². The topological polar surface area (TPSA) is 179 Å². The van der Waals surface area contributed by atoms with Crippen molar-refractivity contribution in [3.63, 3.8) is 0 Å². The Bertz CT molecular complexity index is 1420. The van der Waals surface area contributed by atoms with Gasteiger partial charge in [-0.25, -0.2) is 4.68 Å². The largest absolute Gasteiger partial charge is 0.573 e. The Morgan fingerprint density at radius 1 is 1.18 bits per heavy atom.